The summed E-state index contributed by atoms with van der Waals surface area (Å²) in [4.78, 5) is 27.4. The largest absolute Gasteiger partial charge is 0.493 e. The molecule has 37 heavy (non-hydrogen) atoms. The molecule has 0 saturated carbocycles. The molecular weight excluding hydrogens is 491 g/mol. The molecule has 1 aromatic heterocycles. The topological polar surface area (TPSA) is 60.8 Å². The van der Waals surface area contributed by atoms with E-state index in [9.17, 15) is 14.0 Å². The Hall–Kier alpha value is -4.04. The molecule has 5 rings (SSSR count). The van der Waals surface area contributed by atoms with Gasteiger partial charge >= 0.3 is 0 Å². The Morgan fingerprint density at radius 3 is 2.43 bits per heavy atom. The van der Waals surface area contributed by atoms with Crippen molar-refractivity contribution < 1.29 is 23.5 Å². The van der Waals surface area contributed by atoms with E-state index in [0.29, 0.717) is 28.5 Å². The predicted octanol–water partition coefficient (Wildman–Crippen LogP) is 6.26. The van der Waals surface area contributed by atoms with Gasteiger partial charge in [-0.1, -0.05) is 48.5 Å². The molecule has 8 heteroatoms. The van der Waals surface area contributed by atoms with Gasteiger partial charge < -0.3 is 14.0 Å². The first-order valence-electron chi connectivity index (χ1n) is 11.8. The molecule has 1 fully saturated rings. The Kier molecular flexibility index (Phi) is 7.01. The molecule has 6 nitrogen and oxygen atoms in total. The van der Waals surface area contributed by atoms with Crippen molar-refractivity contribution in [2.24, 2.45) is 0 Å². The Bertz CT molecular complexity index is 1530. The average molecular weight is 517 g/mol. The van der Waals surface area contributed by atoms with Crippen LogP contribution < -0.4 is 9.47 Å². The van der Waals surface area contributed by atoms with E-state index in [0.717, 1.165) is 33.9 Å². The molecule has 1 saturated heterocycles. The van der Waals surface area contributed by atoms with Gasteiger partial charge in [0.2, 0.25) is 0 Å². The molecule has 188 valence electrons. The molecule has 0 N–H and O–H groups in total. The van der Waals surface area contributed by atoms with Crippen LogP contribution in [0.4, 0.5) is 9.18 Å². The molecule has 0 atom stereocenters. The van der Waals surface area contributed by atoms with Crippen LogP contribution in [-0.4, -0.2) is 40.9 Å². The molecule has 1 aliphatic heterocycles. The highest BCUT2D eigenvalue weighted by molar-refractivity contribution is 8.18. The second-order valence-corrected chi connectivity index (χ2v) is 9.52. The molecule has 1 aliphatic rings. The lowest BCUT2D eigenvalue weighted by Gasteiger charge is -2.14. The fraction of sp³-hybridized carbons (Fsp3) is 0.172. The van der Waals surface area contributed by atoms with Crippen molar-refractivity contribution in [1.29, 1.82) is 0 Å². The number of thioether (sulfide) groups is 1. The predicted molar refractivity (Wildman–Crippen MR) is 143 cm³/mol. The van der Waals surface area contributed by atoms with Crippen molar-refractivity contribution in [2.45, 2.75) is 13.5 Å². The zero-order chi connectivity index (χ0) is 25.9. The summed E-state index contributed by atoms with van der Waals surface area (Å²) >= 11 is 0.913. The molecule has 3 aromatic carbocycles. The number of rotatable bonds is 8. The molecule has 0 spiro atoms. The van der Waals surface area contributed by atoms with Crippen molar-refractivity contribution in [3.05, 3.63) is 100 Å². The summed E-state index contributed by atoms with van der Waals surface area (Å²) in [6.45, 7) is 2.56. The van der Waals surface area contributed by atoms with E-state index in [1.807, 2.05) is 54.0 Å². The molecule has 0 unspecified atom stereocenters. The number of methoxy groups -OCH3 is 1. The molecule has 0 aliphatic carbocycles. The van der Waals surface area contributed by atoms with Crippen molar-refractivity contribution in [3.63, 3.8) is 0 Å². The van der Waals surface area contributed by atoms with Crippen LogP contribution in [0.1, 0.15) is 16.8 Å². The lowest BCUT2D eigenvalue weighted by molar-refractivity contribution is -0.123. The summed E-state index contributed by atoms with van der Waals surface area (Å²) in [5, 5.41) is 0.593. The second kappa shape index (κ2) is 10.5. The summed E-state index contributed by atoms with van der Waals surface area (Å²) in [6, 6.07) is 21.7. The number of fused-ring (bicyclic) bond motifs is 1. The highest BCUT2D eigenvalue weighted by Gasteiger charge is 2.35. The minimum absolute atomic E-state index is 0.119. The van der Waals surface area contributed by atoms with Crippen molar-refractivity contribution >= 4 is 39.9 Å². The molecule has 4 aromatic rings. The molecule has 2 heterocycles. The van der Waals surface area contributed by atoms with Gasteiger partial charge in [-0.2, -0.15) is 0 Å². The highest BCUT2D eigenvalue weighted by atomic mass is 32.2. The summed E-state index contributed by atoms with van der Waals surface area (Å²) < 4.78 is 27.5. The van der Waals surface area contributed by atoms with Gasteiger partial charge in [-0.15, -0.1) is 0 Å². The molecular formula is C29H25FN2O4S. The maximum atomic E-state index is 14.4. The third-order valence-corrected chi connectivity index (χ3v) is 7.26. The van der Waals surface area contributed by atoms with Crippen LogP contribution in [0.3, 0.4) is 0 Å². The van der Waals surface area contributed by atoms with E-state index in [-0.39, 0.29) is 30.1 Å². The number of carbonyl (C=O) groups is 2. The van der Waals surface area contributed by atoms with Gasteiger partial charge in [0, 0.05) is 27.7 Å². The maximum Gasteiger partial charge on any atom is 0.293 e. The number of hydrogen-bond donors (Lipinski definition) is 0. The van der Waals surface area contributed by atoms with Crippen LogP contribution >= 0.6 is 11.8 Å². The van der Waals surface area contributed by atoms with Crippen LogP contribution in [0.25, 0.3) is 17.0 Å². The molecule has 0 radical (unpaired) electrons. The van der Waals surface area contributed by atoms with Gasteiger partial charge in [0.05, 0.1) is 25.1 Å². The minimum Gasteiger partial charge on any atom is -0.493 e. The summed E-state index contributed by atoms with van der Waals surface area (Å²) in [5.41, 5.74) is 3.23. The van der Waals surface area contributed by atoms with Crippen molar-refractivity contribution in [1.82, 2.24) is 9.47 Å². The first-order chi connectivity index (χ1) is 18.0. The SMILES string of the molecule is COc1ccccc1OCCN1C(=O)S/C(=C\c2c(C)n(Cc3ccccc3F)c3ccccc23)C1=O. The summed E-state index contributed by atoms with van der Waals surface area (Å²) in [7, 11) is 1.55. The van der Waals surface area contributed by atoms with Gasteiger partial charge in [0.1, 0.15) is 12.4 Å². The number of carbonyl (C=O) groups excluding carboxylic acids is 2. The van der Waals surface area contributed by atoms with E-state index < -0.39 is 0 Å². The fourth-order valence-corrected chi connectivity index (χ4v) is 5.30. The standard InChI is InChI=1S/C29H25FN2O4S/c1-19-22(21-10-4-6-12-24(21)32(19)18-20-9-3-5-11-23(20)30)17-27-28(33)31(29(34)37-27)15-16-36-26-14-8-7-13-25(26)35-2/h3-14,17H,15-16,18H2,1-2H3/b27-17-. The smallest absolute Gasteiger partial charge is 0.293 e. The van der Waals surface area contributed by atoms with Crippen molar-refractivity contribution in [2.75, 3.05) is 20.3 Å². The van der Waals surface area contributed by atoms with Gasteiger partial charge in [0.25, 0.3) is 11.1 Å². The van der Waals surface area contributed by atoms with Crippen LogP contribution in [0.5, 0.6) is 11.5 Å². The number of aromatic nitrogens is 1. The van der Waals surface area contributed by atoms with Crippen LogP contribution in [0, 0.1) is 12.7 Å². The monoisotopic (exact) mass is 516 g/mol. The van der Waals surface area contributed by atoms with Gasteiger partial charge in [-0.3, -0.25) is 14.5 Å². The van der Waals surface area contributed by atoms with E-state index >= 15 is 0 Å². The number of hydrogen-bond acceptors (Lipinski definition) is 5. The van der Waals surface area contributed by atoms with E-state index in [1.54, 1.807) is 37.5 Å². The summed E-state index contributed by atoms with van der Waals surface area (Å²) in [5.74, 6) is 0.506. The first kappa shape index (κ1) is 24.6. The van der Waals surface area contributed by atoms with Gasteiger partial charge in [-0.05, 0) is 49.0 Å². The minimum atomic E-state index is -0.357. The van der Waals surface area contributed by atoms with E-state index in [4.69, 9.17) is 9.47 Å². The average Bonchev–Trinajstić information content (AvgIpc) is 3.33. The number of halogens is 1. The number of benzene rings is 3. The second-order valence-electron chi connectivity index (χ2n) is 8.53. The number of nitrogens with zero attached hydrogens (tertiary/aromatic N) is 2. The van der Waals surface area contributed by atoms with Crippen LogP contribution in [0.15, 0.2) is 77.7 Å². The third-order valence-electron chi connectivity index (χ3n) is 6.36. The maximum absolute atomic E-state index is 14.4. The summed E-state index contributed by atoms with van der Waals surface area (Å²) in [6.07, 6.45) is 1.77. The molecule has 2 amide bonds. The van der Waals surface area contributed by atoms with Crippen LogP contribution in [0.2, 0.25) is 0 Å². The Balaban J connectivity index is 1.39. The number of imide groups is 1. The fourth-order valence-electron chi connectivity index (χ4n) is 4.45. The van der Waals surface area contributed by atoms with Crippen molar-refractivity contribution in [3.8, 4) is 11.5 Å². The third kappa shape index (κ3) is 4.84. The number of para-hydroxylation sites is 3. The quantitative estimate of drug-likeness (QED) is 0.259. The molecule has 0 bridgehead atoms. The van der Waals surface area contributed by atoms with Gasteiger partial charge in [0.15, 0.2) is 11.5 Å². The highest BCUT2D eigenvalue weighted by Crippen LogP contribution is 2.36. The normalized spacial score (nSPS) is 14.7. The lowest BCUT2D eigenvalue weighted by atomic mass is 10.1. The van der Waals surface area contributed by atoms with E-state index in [2.05, 4.69) is 0 Å². The van der Waals surface area contributed by atoms with E-state index in [1.165, 1.54) is 11.0 Å². The Labute approximate surface area is 218 Å². The number of ether oxygens (including phenoxy) is 2. The zero-order valence-corrected chi connectivity index (χ0v) is 21.3. The Morgan fingerprint density at radius 1 is 0.946 bits per heavy atom. The van der Waals surface area contributed by atoms with Crippen LogP contribution in [-0.2, 0) is 11.3 Å². The lowest BCUT2D eigenvalue weighted by Crippen LogP contribution is -2.32. The van der Waals surface area contributed by atoms with Gasteiger partial charge in [-0.25, -0.2) is 4.39 Å². The number of amides is 2. The first-order valence-corrected chi connectivity index (χ1v) is 12.6. The Morgan fingerprint density at radius 2 is 1.65 bits per heavy atom. The zero-order valence-electron chi connectivity index (χ0n) is 20.4.